The quantitative estimate of drug-likeness (QED) is 0.280. The minimum Gasteiger partial charge on any atom is -0.351 e. The number of primary amides is 1. The maximum Gasteiger partial charge on any atom is 0.417 e. The Hall–Kier alpha value is -4.54. The molecule has 3 aromatic carbocycles. The Morgan fingerprint density at radius 3 is 1.88 bits per heavy atom. The fourth-order valence-corrected chi connectivity index (χ4v) is 3.97. The lowest BCUT2D eigenvalue weighted by molar-refractivity contribution is -0.143. The molecular formula is C24H13BrF8N4O4. The average molecular weight is 653 g/mol. The van der Waals surface area contributed by atoms with Crippen molar-refractivity contribution in [2.45, 2.75) is 12.4 Å². The lowest BCUT2D eigenvalue weighted by Crippen LogP contribution is -2.41. The summed E-state index contributed by atoms with van der Waals surface area (Å²) in [5.41, 5.74) is -1.31. The molecule has 0 heterocycles. The number of hydrogen-bond acceptors (Lipinski definition) is 4. The molecule has 8 nitrogen and oxygen atoms in total. The molecule has 0 aromatic heterocycles. The van der Waals surface area contributed by atoms with Gasteiger partial charge in [-0.15, -0.1) is 0 Å². The molecule has 0 bridgehead atoms. The third-order valence-electron chi connectivity index (χ3n) is 5.16. The van der Waals surface area contributed by atoms with Crippen LogP contribution in [0.3, 0.4) is 0 Å². The smallest absolute Gasteiger partial charge is 0.351 e. The van der Waals surface area contributed by atoms with Crippen molar-refractivity contribution in [2.75, 3.05) is 10.2 Å². The van der Waals surface area contributed by atoms with Crippen molar-refractivity contribution < 1.29 is 54.3 Å². The number of carbonyl (C=O) groups is 4. The maximum absolute atomic E-state index is 13.7. The van der Waals surface area contributed by atoms with E-state index in [0.717, 1.165) is 42.5 Å². The van der Waals surface area contributed by atoms with Gasteiger partial charge in [0.2, 0.25) is 0 Å². The molecule has 0 saturated carbocycles. The summed E-state index contributed by atoms with van der Waals surface area (Å²) in [5.74, 6) is -5.35. The zero-order valence-corrected chi connectivity index (χ0v) is 21.3. The van der Waals surface area contributed by atoms with Crippen molar-refractivity contribution in [3.63, 3.8) is 0 Å². The summed E-state index contributed by atoms with van der Waals surface area (Å²) in [6.07, 6.45) is -10.6. The maximum atomic E-state index is 13.7. The highest BCUT2D eigenvalue weighted by Crippen LogP contribution is 2.44. The third kappa shape index (κ3) is 6.97. The van der Waals surface area contributed by atoms with Crippen LogP contribution in [0.4, 0.5) is 56.1 Å². The molecule has 41 heavy (non-hydrogen) atoms. The van der Waals surface area contributed by atoms with Gasteiger partial charge in [-0.05, 0) is 64.5 Å². The first-order valence-corrected chi connectivity index (χ1v) is 11.5. The van der Waals surface area contributed by atoms with Gasteiger partial charge in [0.1, 0.15) is 17.2 Å². The predicted octanol–water partition coefficient (Wildman–Crippen LogP) is 6.45. The number of anilines is 2. The summed E-state index contributed by atoms with van der Waals surface area (Å²) >= 11 is 2.49. The van der Waals surface area contributed by atoms with E-state index in [1.165, 1.54) is 0 Å². The van der Waals surface area contributed by atoms with Crippen molar-refractivity contribution in [2.24, 2.45) is 5.73 Å². The van der Waals surface area contributed by atoms with Crippen LogP contribution in [0.15, 0.2) is 59.1 Å². The number of halogens is 9. The number of imide groups is 2. The standard InChI is InChI=1S/C24H13BrF8N4O4/c25-18-13(24(31,32)33)8-11(23(28,29)30)9-16(18)37(21(34)40)20(39)10-4-6-12(7-5-10)35-22(41)36-19(38)17-14(26)2-1-3-15(17)27/h1-9H,(H2,34,40)(H2,35,36,38,41). The number of hydrogen-bond donors (Lipinski definition) is 3. The van der Waals surface area contributed by atoms with Crippen molar-refractivity contribution in [1.29, 1.82) is 0 Å². The number of nitrogens with zero attached hydrogens (tertiary/aromatic N) is 1. The first kappa shape index (κ1) is 31.0. The minimum atomic E-state index is -5.32. The summed E-state index contributed by atoms with van der Waals surface area (Å²) in [4.78, 5) is 49.0. The molecule has 4 N–H and O–H groups in total. The second-order valence-corrected chi connectivity index (χ2v) is 8.71. The number of carbonyl (C=O) groups excluding carboxylic acids is 4. The fraction of sp³-hybridized carbons (Fsp3) is 0.0833. The van der Waals surface area contributed by atoms with Gasteiger partial charge in [0.15, 0.2) is 0 Å². The summed E-state index contributed by atoms with van der Waals surface area (Å²) in [7, 11) is 0. The van der Waals surface area contributed by atoms with Crippen LogP contribution in [-0.4, -0.2) is 23.9 Å². The molecule has 0 spiro atoms. The van der Waals surface area contributed by atoms with Gasteiger partial charge >= 0.3 is 24.4 Å². The van der Waals surface area contributed by atoms with E-state index in [-0.39, 0.29) is 22.7 Å². The molecular weight excluding hydrogens is 640 g/mol. The second kappa shape index (κ2) is 11.5. The van der Waals surface area contributed by atoms with Crippen LogP contribution < -0.4 is 21.3 Å². The number of urea groups is 2. The van der Waals surface area contributed by atoms with Crippen molar-refractivity contribution >= 4 is 51.2 Å². The molecule has 17 heteroatoms. The highest BCUT2D eigenvalue weighted by molar-refractivity contribution is 9.10. The van der Waals surface area contributed by atoms with Gasteiger partial charge in [-0.3, -0.25) is 14.9 Å². The van der Waals surface area contributed by atoms with Crippen molar-refractivity contribution in [3.05, 3.63) is 93.0 Å². The summed E-state index contributed by atoms with van der Waals surface area (Å²) < 4.78 is 107. The second-order valence-electron chi connectivity index (χ2n) is 7.91. The van der Waals surface area contributed by atoms with Crippen LogP contribution >= 0.6 is 15.9 Å². The Balaban J connectivity index is 1.88. The van der Waals surface area contributed by atoms with Gasteiger partial charge in [-0.1, -0.05) is 6.07 Å². The molecule has 0 saturated heterocycles. The zero-order valence-electron chi connectivity index (χ0n) is 19.8. The Morgan fingerprint density at radius 1 is 0.829 bits per heavy atom. The molecule has 0 fully saturated rings. The molecule has 3 aromatic rings. The lowest BCUT2D eigenvalue weighted by atomic mass is 10.1. The summed E-state index contributed by atoms with van der Waals surface area (Å²) in [5, 5.41) is 3.76. The van der Waals surface area contributed by atoms with E-state index in [4.69, 9.17) is 5.73 Å². The van der Waals surface area contributed by atoms with Gasteiger partial charge in [0.25, 0.3) is 11.8 Å². The highest BCUT2D eigenvalue weighted by atomic mass is 79.9. The molecule has 0 aliphatic rings. The minimum absolute atomic E-state index is 0.120. The van der Waals surface area contributed by atoms with E-state index in [1.54, 1.807) is 5.32 Å². The topological polar surface area (TPSA) is 122 Å². The summed E-state index contributed by atoms with van der Waals surface area (Å²) in [6, 6.07) is 3.32. The number of rotatable bonds is 4. The number of amides is 6. The Morgan fingerprint density at radius 2 is 1.39 bits per heavy atom. The highest BCUT2D eigenvalue weighted by Gasteiger charge is 2.41. The Bertz CT molecular complexity index is 1520. The van der Waals surface area contributed by atoms with Crippen LogP contribution in [0.1, 0.15) is 31.8 Å². The first-order valence-electron chi connectivity index (χ1n) is 10.7. The molecule has 0 aliphatic carbocycles. The predicted molar refractivity (Wildman–Crippen MR) is 130 cm³/mol. The van der Waals surface area contributed by atoms with Crippen LogP contribution in [0.25, 0.3) is 0 Å². The van der Waals surface area contributed by atoms with E-state index in [0.29, 0.717) is 0 Å². The van der Waals surface area contributed by atoms with Gasteiger partial charge < -0.3 is 11.1 Å². The SMILES string of the molecule is NC(=O)N(C(=O)c1ccc(NC(=O)NC(=O)c2c(F)cccc2F)cc1)c1cc(C(F)(F)F)cc(C(F)(F)F)c1Br. The Labute approximate surface area is 232 Å². The van der Waals surface area contributed by atoms with Gasteiger partial charge in [-0.2, -0.15) is 26.3 Å². The molecule has 0 atom stereocenters. The van der Waals surface area contributed by atoms with E-state index in [1.807, 2.05) is 0 Å². The van der Waals surface area contributed by atoms with Crippen molar-refractivity contribution in [3.8, 4) is 0 Å². The molecule has 0 unspecified atom stereocenters. The fourth-order valence-electron chi connectivity index (χ4n) is 3.34. The van der Waals surface area contributed by atoms with Crippen molar-refractivity contribution in [1.82, 2.24) is 5.32 Å². The van der Waals surface area contributed by atoms with Crippen LogP contribution in [0.5, 0.6) is 0 Å². The van der Waals surface area contributed by atoms with E-state index in [2.05, 4.69) is 21.2 Å². The monoisotopic (exact) mass is 652 g/mol. The molecule has 3 rings (SSSR count). The number of nitrogens with two attached hydrogens (primary N) is 1. The number of alkyl halides is 6. The van der Waals surface area contributed by atoms with E-state index >= 15 is 0 Å². The van der Waals surface area contributed by atoms with Crippen LogP contribution in [0.2, 0.25) is 0 Å². The third-order valence-corrected chi connectivity index (χ3v) is 5.99. The van der Waals surface area contributed by atoms with Crippen LogP contribution in [0, 0.1) is 11.6 Å². The lowest BCUT2D eigenvalue weighted by Gasteiger charge is -2.24. The molecule has 216 valence electrons. The zero-order chi connectivity index (χ0) is 30.9. The van der Waals surface area contributed by atoms with Gasteiger partial charge in [0, 0.05) is 11.3 Å². The molecule has 0 aliphatic heterocycles. The normalized spacial score (nSPS) is 11.5. The molecule has 0 radical (unpaired) electrons. The Kier molecular flexibility index (Phi) is 8.71. The largest absolute Gasteiger partial charge is 0.417 e. The first-order chi connectivity index (χ1) is 18.9. The average Bonchev–Trinajstić information content (AvgIpc) is 2.83. The van der Waals surface area contributed by atoms with Gasteiger partial charge in [-0.25, -0.2) is 23.3 Å². The van der Waals surface area contributed by atoms with Gasteiger partial charge in [0.05, 0.1) is 21.3 Å². The summed E-state index contributed by atoms with van der Waals surface area (Å²) in [6.45, 7) is 0. The molecule has 6 amide bonds. The van der Waals surface area contributed by atoms with E-state index in [9.17, 15) is 54.3 Å². The number of nitrogens with one attached hydrogen (secondary N) is 2. The number of benzene rings is 3. The van der Waals surface area contributed by atoms with Crippen LogP contribution in [-0.2, 0) is 12.4 Å². The van der Waals surface area contributed by atoms with E-state index < -0.39 is 80.3 Å².